The van der Waals surface area contributed by atoms with Gasteiger partial charge < -0.3 is 19.7 Å². The second kappa shape index (κ2) is 11.1. The van der Waals surface area contributed by atoms with Crippen molar-refractivity contribution in [3.8, 4) is 11.1 Å². The molecule has 0 aliphatic heterocycles. The van der Waals surface area contributed by atoms with Crippen LogP contribution in [-0.4, -0.2) is 55.7 Å². The lowest BCUT2D eigenvalue weighted by Crippen LogP contribution is -2.52. The van der Waals surface area contributed by atoms with Gasteiger partial charge in [0.15, 0.2) is 0 Å². The minimum Gasteiger partial charge on any atom is -0.467 e. The highest BCUT2D eigenvalue weighted by molar-refractivity contribution is 5.89. The Hall–Kier alpha value is -4.13. The van der Waals surface area contributed by atoms with Gasteiger partial charge in [0.05, 0.1) is 7.11 Å². The van der Waals surface area contributed by atoms with Gasteiger partial charge in [-0.3, -0.25) is 4.79 Å². The van der Waals surface area contributed by atoms with Crippen LogP contribution in [0.2, 0.25) is 0 Å². The number of nitrogens with zero attached hydrogens (tertiary/aromatic N) is 1. The van der Waals surface area contributed by atoms with Crippen molar-refractivity contribution in [1.29, 1.82) is 0 Å². The molecule has 0 fully saturated rings. The molecule has 0 bridgehead atoms. The summed E-state index contributed by atoms with van der Waals surface area (Å²) in [4.78, 5) is 39.4. The number of alkyl carbamates (subject to hydrolysis) is 1. The molecule has 0 aromatic heterocycles. The van der Waals surface area contributed by atoms with Crippen LogP contribution in [0, 0.1) is 0 Å². The summed E-state index contributed by atoms with van der Waals surface area (Å²) < 4.78 is 10.5. The molecule has 36 heavy (non-hydrogen) atoms. The summed E-state index contributed by atoms with van der Waals surface area (Å²) in [7, 11) is 2.82. The van der Waals surface area contributed by atoms with Crippen LogP contribution in [0.5, 0.6) is 0 Å². The van der Waals surface area contributed by atoms with E-state index in [0.29, 0.717) is 6.42 Å². The van der Waals surface area contributed by atoms with E-state index < -0.39 is 30.1 Å². The van der Waals surface area contributed by atoms with E-state index in [9.17, 15) is 14.4 Å². The van der Waals surface area contributed by atoms with E-state index in [0.717, 1.165) is 27.8 Å². The third-order valence-electron chi connectivity index (χ3n) is 6.61. The van der Waals surface area contributed by atoms with Gasteiger partial charge in [0.1, 0.15) is 18.7 Å². The maximum atomic E-state index is 13.1. The Morgan fingerprint density at radius 2 is 1.44 bits per heavy atom. The zero-order chi connectivity index (χ0) is 25.7. The fourth-order valence-corrected chi connectivity index (χ4v) is 4.69. The van der Waals surface area contributed by atoms with Crippen molar-refractivity contribution in [2.75, 3.05) is 20.8 Å². The largest absolute Gasteiger partial charge is 0.467 e. The lowest BCUT2D eigenvalue weighted by molar-refractivity contribution is -0.152. The van der Waals surface area contributed by atoms with Gasteiger partial charge in [-0.05, 0) is 34.7 Å². The van der Waals surface area contributed by atoms with E-state index in [-0.39, 0.29) is 12.5 Å². The second-order valence-corrected chi connectivity index (χ2v) is 8.87. The molecule has 2 amide bonds. The number of esters is 1. The first-order valence-corrected chi connectivity index (χ1v) is 11.9. The Labute approximate surface area is 211 Å². The molecule has 0 saturated heterocycles. The van der Waals surface area contributed by atoms with Crippen molar-refractivity contribution in [3.05, 3.63) is 95.6 Å². The highest BCUT2D eigenvalue weighted by Crippen LogP contribution is 2.44. The lowest BCUT2D eigenvalue weighted by Gasteiger charge is -2.28. The van der Waals surface area contributed by atoms with E-state index in [1.165, 1.54) is 19.1 Å². The molecular formula is C29H30N2O5. The van der Waals surface area contributed by atoms with Gasteiger partial charge in [0.25, 0.3) is 0 Å². The van der Waals surface area contributed by atoms with Crippen molar-refractivity contribution >= 4 is 18.0 Å². The number of hydrogen-bond acceptors (Lipinski definition) is 5. The number of ether oxygens (including phenoxy) is 2. The predicted molar refractivity (Wildman–Crippen MR) is 136 cm³/mol. The van der Waals surface area contributed by atoms with Gasteiger partial charge in [-0.15, -0.1) is 0 Å². The zero-order valence-electron chi connectivity index (χ0n) is 20.6. The number of carbonyl (C=O) groups is 3. The standard InChI is InChI=1S/C29H30N2O5/c1-19(27(32)31(2)26(28(33)35-3)17-20-11-5-4-6-12-20)30-29(34)36-18-25-23-15-9-7-13-21(23)22-14-8-10-16-24(22)25/h4-16,19,25-26H,17-18H2,1-3H3,(H,30,34)/t19-,26-/m0/s1. The van der Waals surface area contributed by atoms with Crippen molar-refractivity contribution in [2.24, 2.45) is 0 Å². The molecule has 0 radical (unpaired) electrons. The zero-order valence-corrected chi connectivity index (χ0v) is 20.6. The van der Waals surface area contributed by atoms with Crippen LogP contribution < -0.4 is 5.32 Å². The Balaban J connectivity index is 1.38. The van der Waals surface area contributed by atoms with E-state index in [4.69, 9.17) is 9.47 Å². The first kappa shape index (κ1) is 25.0. The van der Waals surface area contributed by atoms with E-state index in [2.05, 4.69) is 17.4 Å². The molecule has 0 saturated carbocycles. The van der Waals surface area contributed by atoms with Crippen molar-refractivity contribution in [3.63, 3.8) is 0 Å². The Bertz CT molecular complexity index is 1200. The molecule has 0 unspecified atom stereocenters. The summed E-state index contributed by atoms with van der Waals surface area (Å²) in [5.41, 5.74) is 5.39. The van der Waals surface area contributed by atoms with Gasteiger partial charge in [0, 0.05) is 19.4 Å². The number of likely N-dealkylation sites (N-methyl/N-ethyl adjacent to an activating group) is 1. The summed E-state index contributed by atoms with van der Waals surface area (Å²) in [6.45, 7) is 1.71. The van der Waals surface area contributed by atoms with Crippen molar-refractivity contribution in [1.82, 2.24) is 10.2 Å². The quantitative estimate of drug-likeness (QED) is 0.484. The molecule has 3 aromatic carbocycles. The first-order chi connectivity index (χ1) is 17.4. The third-order valence-corrected chi connectivity index (χ3v) is 6.61. The Morgan fingerprint density at radius 1 is 0.889 bits per heavy atom. The minimum atomic E-state index is -0.895. The van der Waals surface area contributed by atoms with E-state index in [1.54, 1.807) is 6.92 Å². The van der Waals surface area contributed by atoms with Crippen LogP contribution in [0.25, 0.3) is 11.1 Å². The molecule has 1 N–H and O–H groups in total. The van der Waals surface area contributed by atoms with Gasteiger partial charge in [-0.1, -0.05) is 78.9 Å². The van der Waals surface area contributed by atoms with Gasteiger partial charge >= 0.3 is 12.1 Å². The number of methoxy groups -OCH3 is 1. The first-order valence-electron chi connectivity index (χ1n) is 11.9. The molecule has 7 nitrogen and oxygen atoms in total. The molecular weight excluding hydrogens is 456 g/mol. The molecule has 7 heteroatoms. The fourth-order valence-electron chi connectivity index (χ4n) is 4.69. The van der Waals surface area contributed by atoms with Crippen LogP contribution in [0.3, 0.4) is 0 Å². The number of nitrogens with one attached hydrogen (secondary N) is 1. The molecule has 2 atom stereocenters. The van der Waals surface area contributed by atoms with E-state index >= 15 is 0 Å². The molecule has 1 aliphatic rings. The van der Waals surface area contributed by atoms with Gasteiger partial charge in [-0.2, -0.15) is 0 Å². The number of rotatable bonds is 8. The van der Waals surface area contributed by atoms with Crippen LogP contribution in [0.15, 0.2) is 78.9 Å². The smallest absolute Gasteiger partial charge is 0.407 e. The molecule has 1 aliphatic carbocycles. The van der Waals surface area contributed by atoms with Gasteiger partial charge in [0.2, 0.25) is 5.91 Å². The van der Waals surface area contributed by atoms with E-state index in [1.807, 2.05) is 66.7 Å². The monoisotopic (exact) mass is 486 g/mol. The summed E-state index contributed by atoms with van der Waals surface area (Å²) in [6, 6.07) is 23.8. The summed E-state index contributed by atoms with van der Waals surface area (Å²) in [5.74, 6) is -1.02. The molecule has 0 heterocycles. The number of fused-ring (bicyclic) bond motifs is 3. The number of benzene rings is 3. The van der Waals surface area contributed by atoms with Crippen molar-refractivity contribution in [2.45, 2.75) is 31.3 Å². The fraction of sp³-hybridized carbons (Fsp3) is 0.276. The molecule has 3 aromatic rings. The normalized spacial score (nSPS) is 13.6. The maximum absolute atomic E-state index is 13.1. The van der Waals surface area contributed by atoms with Crippen LogP contribution >= 0.6 is 0 Å². The number of amides is 2. The lowest BCUT2D eigenvalue weighted by atomic mass is 9.98. The summed E-state index contributed by atoms with van der Waals surface area (Å²) in [6.07, 6.45) is -0.392. The summed E-state index contributed by atoms with van der Waals surface area (Å²) >= 11 is 0. The third kappa shape index (κ3) is 5.25. The Morgan fingerprint density at radius 3 is 2.03 bits per heavy atom. The molecule has 0 spiro atoms. The summed E-state index contributed by atoms with van der Waals surface area (Å²) in [5, 5.41) is 2.60. The highest BCUT2D eigenvalue weighted by atomic mass is 16.5. The average Bonchev–Trinajstić information content (AvgIpc) is 3.23. The topological polar surface area (TPSA) is 84.9 Å². The van der Waals surface area contributed by atoms with Crippen LogP contribution in [0.4, 0.5) is 4.79 Å². The van der Waals surface area contributed by atoms with Crippen molar-refractivity contribution < 1.29 is 23.9 Å². The molecule has 4 rings (SSSR count). The van der Waals surface area contributed by atoms with Crippen LogP contribution in [0.1, 0.15) is 29.5 Å². The number of hydrogen-bond donors (Lipinski definition) is 1. The SMILES string of the molecule is COC(=O)[C@H](Cc1ccccc1)N(C)C(=O)[C@H](C)NC(=O)OCC1c2ccccc2-c2ccccc21. The second-order valence-electron chi connectivity index (χ2n) is 8.87. The van der Waals surface area contributed by atoms with Gasteiger partial charge in [-0.25, -0.2) is 9.59 Å². The van der Waals surface area contributed by atoms with Crippen LogP contribution in [-0.2, 0) is 25.5 Å². The predicted octanol–water partition coefficient (Wildman–Crippen LogP) is 4.16. The highest BCUT2D eigenvalue weighted by Gasteiger charge is 2.32. The number of carbonyl (C=O) groups excluding carboxylic acids is 3. The average molecular weight is 487 g/mol. The minimum absolute atomic E-state index is 0.0774. The maximum Gasteiger partial charge on any atom is 0.407 e. The Kier molecular flexibility index (Phi) is 7.68. The molecule has 186 valence electrons.